The first-order valence-electron chi connectivity index (χ1n) is 6.43. The van der Waals surface area contributed by atoms with Crippen molar-refractivity contribution in [3.8, 4) is 0 Å². The van der Waals surface area contributed by atoms with Crippen LogP contribution in [0.4, 0.5) is 0 Å². The van der Waals surface area contributed by atoms with Crippen LogP contribution in [0.25, 0.3) is 0 Å². The standard InChI is InChI=1S/C11H18Cl6N2SSi2/c1-21(2,3)18-7(10(12,13)14)8(11(15,16)17)19(9(18)20)22(4,5)6/h1-6H3. The summed E-state index contributed by atoms with van der Waals surface area (Å²) in [6, 6.07) is 0. The fourth-order valence-electron chi connectivity index (χ4n) is 2.27. The number of alkyl halides is 6. The van der Waals surface area contributed by atoms with E-state index in [2.05, 4.69) is 39.3 Å². The third-order valence-electron chi connectivity index (χ3n) is 2.93. The molecule has 0 aliphatic carbocycles. The van der Waals surface area contributed by atoms with Crippen molar-refractivity contribution < 1.29 is 0 Å². The van der Waals surface area contributed by atoms with Gasteiger partial charge >= 0.3 is 0 Å². The van der Waals surface area contributed by atoms with Crippen LogP contribution in [0.3, 0.4) is 0 Å². The SMILES string of the molecule is C[Si](C)(C)n1c(C(Cl)(Cl)Cl)c(C(Cl)(Cl)Cl)n([Si](C)(C)C)c1=S. The number of aromatic nitrogens is 2. The van der Waals surface area contributed by atoms with Crippen molar-refractivity contribution in [3.05, 3.63) is 16.2 Å². The highest BCUT2D eigenvalue weighted by Gasteiger charge is 2.45. The number of rotatable bonds is 2. The Labute approximate surface area is 168 Å². The quantitative estimate of drug-likeness (QED) is 0.251. The van der Waals surface area contributed by atoms with E-state index in [1.54, 1.807) is 0 Å². The minimum Gasteiger partial charge on any atom is -0.346 e. The van der Waals surface area contributed by atoms with E-state index in [1.807, 2.05) is 8.47 Å². The van der Waals surface area contributed by atoms with Crippen molar-refractivity contribution in [1.82, 2.24) is 8.47 Å². The molecule has 0 fully saturated rings. The summed E-state index contributed by atoms with van der Waals surface area (Å²) in [6.07, 6.45) is 0. The molecule has 0 aliphatic heterocycles. The molecule has 2 nitrogen and oxygen atoms in total. The fraction of sp³-hybridized carbons (Fsp3) is 0.727. The van der Waals surface area contributed by atoms with Crippen LogP contribution in [0.2, 0.25) is 39.3 Å². The second-order valence-electron chi connectivity index (χ2n) is 6.99. The first-order chi connectivity index (χ1) is 9.40. The Morgan fingerprint density at radius 3 is 1.05 bits per heavy atom. The van der Waals surface area contributed by atoms with Crippen LogP contribution < -0.4 is 0 Å². The first-order valence-corrected chi connectivity index (χ1v) is 16.0. The summed E-state index contributed by atoms with van der Waals surface area (Å²) in [5, 5.41) is 0. The Bertz CT molecular complexity index is 575. The molecule has 22 heavy (non-hydrogen) atoms. The molecule has 0 atom stereocenters. The molecule has 1 rings (SSSR count). The zero-order valence-corrected chi connectivity index (χ0v) is 20.4. The molecule has 128 valence electrons. The molecule has 0 amide bonds. The molecule has 0 bridgehead atoms. The lowest BCUT2D eigenvalue weighted by Gasteiger charge is -2.27. The van der Waals surface area contributed by atoms with Crippen molar-refractivity contribution in [2.75, 3.05) is 0 Å². The Kier molecular flexibility index (Phi) is 6.30. The third-order valence-corrected chi connectivity index (χ3v) is 8.25. The molecular formula is C11H18Cl6N2SSi2. The normalized spacial score (nSPS) is 14.5. The Morgan fingerprint density at radius 1 is 0.682 bits per heavy atom. The molecule has 0 unspecified atom stereocenters. The summed E-state index contributed by atoms with van der Waals surface area (Å²) in [5.41, 5.74) is 0.730. The van der Waals surface area contributed by atoms with Crippen molar-refractivity contribution in [1.29, 1.82) is 0 Å². The Balaban J connectivity index is 4.17. The highest BCUT2D eigenvalue weighted by molar-refractivity contribution is 7.71. The lowest BCUT2D eigenvalue weighted by Crippen LogP contribution is -2.37. The van der Waals surface area contributed by atoms with E-state index >= 15 is 0 Å². The summed E-state index contributed by atoms with van der Waals surface area (Å²) >= 11 is 43.0. The van der Waals surface area contributed by atoms with Crippen LogP contribution in [0.15, 0.2) is 0 Å². The lowest BCUT2D eigenvalue weighted by molar-refractivity contribution is 0.964. The van der Waals surface area contributed by atoms with Gasteiger partial charge in [-0.05, 0) is 12.2 Å². The van der Waals surface area contributed by atoms with Crippen LogP contribution in [0.1, 0.15) is 11.4 Å². The first kappa shape index (κ1) is 21.6. The summed E-state index contributed by atoms with van der Waals surface area (Å²) in [4.78, 5) is 0. The number of hydrogen-bond donors (Lipinski definition) is 0. The van der Waals surface area contributed by atoms with Gasteiger partial charge in [-0.15, -0.1) is 0 Å². The molecule has 11 heteroatoms. The monoisotopic (exact) mass is 476 g/mol. The smallest absolute Gasteiger partial charge is 0.231 e. The number of hydrogen-bond acceptors (Lipinski definition) is 1. The molecule has 0 N–H and O–H groups in total. The third kappa shape index (κ3) is 4.41. The average molecular weight is 479 g/mol. The zero-order valence-electron chi connectivity index (χ0n) is 13.1. The average Bonchev–Trinajstić information content (AvgIpc) is 2.48. The van der Waals surface area contributed by atoms with Crippen LogP contribution in [0.5, 0.6) is 0 Å². The number of halogens is 6. The summed E-state index contributed by atoms with van der Waals surface area (Å²) < 4.78 is 0.895. The van der Waals surface area contributed by atoms with E-state index in [0.29, 0.717) is 16.2 Å². The van der Waals surface area contributed by atoms with Gasteiger partial charge in [0.25, 0.3) is 0 Å². The summed E-state index contributed by atoms with van der Waals surface area (Å²) in [5.74, 6) is 0. The summed E-state index contributed by atoms with van der Waals surface area (Å²) in [7, 11) is -4.03. The van der Waals surface area contributed by atoms with Gasteiger partial charge in [0.05, 0.1) is 11.4 Å². The van der Waals surface area contributed by atoms with Crippen LogP contribution >= 0.6 is 81.8 Å². The minimum absolute atomic E-state index is 0.365. The van der Waals surface area contributed by atoms with Crippen LogP contribution in [-0.4, -0.2) is 24.9 Å². The van der Waals surface area contributed by atoms with Crippen molar-refractivity contribution in [2.45, 2.75) is 46.9 Å². The van der Waals surface area contributed by atoms with E-state index < -0.39 is 24.1 Å². The zero-order chi connectivity index (χ0) is 17.9. The van der Waals surface area contributed by atoms with E-state index in [0.717, 1.165) is 0 Å². The molecule has 0 spiro atoms. The maximum absolute atomic E-state index is 6.23. The molecule has 1 aromatic heterocycles. The second kappa shape index (κ2) is 6.40. The highest BCUT2D eigenvalue weighted by Crippen LogP contribution is 2.50. The maximum Gasteiger partial charge on any atom is 0.231 e. The number of imidazole rings is 1. The molecule has 0 radical (unpaired) electrons. The molecule has 0 saturated carbocycles. The minimum atomic E-state index is -2.02. The highest BCUT2D eigenvalue weighted by atomic mass is 35.6. The van der Waals surface area contributed by atoms with E-state index in [-0.39, 0.29) is 0 Å². The molecule has 0 aliphatic rings. The molecule has 1 heterocycles. The van der Waals surface area contributed by atoms with Gasteiger partial charge in [0.2, 0.25) is 7.59 Å². The van der Waals surface area contributed by atoms with Crippen molar-refractivity contribution in [2.24, 2.45) is 0 Å². The van der Waals surface area contributed by atoms with Gasteiger partial charge in [-0.2, -0.15) is 0 Å². The molecule has 0 saturated heterocycles. The van der Waals surface area contributed by atoms with Gasteiger partial charge in [0, 0.05) is 0 Å². The predicted octanol–water partition coefficient (Wildman–Crippen LogP) is 7.04. The van der Waals surface area contributed by atoms with Crippen molar-refractivity contribution in [3.63, 3.8) is 0 Å². The lowest BCUT2D eigenvalue weighted by atomic mass is 10.4. The topological polar surface area (TPSA) is 9.86 Å². The van der Waals surface area contributed by atoms with E-state index in [4.69, 9.17) is 81.8 Å². The van der Waals surface area contributed by atoms with Gasteiger partial charge in [-0.25, -0.2) is 0 Å². The predicted molar refractivity (Wildman–Crippen MR) is 109 cm³/mol. The van der Waals surface area contributed by atoms with Gasteiger partial charge in [0.15, 0.2) is 21.2 Å². The maximum atomic E-state index is 6.23. The van der Waals surface area contributed by atoms with Crippen LogP contribution in [-0.2, 0) is 7.59 Å². The van der Waals surface area contributed by atoms with E-state index in [1.165, 1.54) is 0 Å². The Morgan fingerprint density at radius 2 is 0.909 bits per heavy atom. The molecule has 1 aromatic rings. The Hall–Kier alpha value is 1.60. The van der Waals surface area contributed by atoms with E-state index in [9.17, 15) is 0 Å². The molecule has 0 aromatic carbocycles. The van der Waals surface area contributed by atoms with Gasteiger partial charge < -0.3 is 8.47 Å². The second-order valence-corrected chi connectivity index (χ2v) is 21.5. The van der Waals surface area contributed by atoms with Gasteiger partial charge in [-0.1, -0.05) is 109 Å². The van der Waals surface area contributed by atoms with Gasteiger partial charge in [-0.3, -0.25) is 0 Å². The largest absolute Gasteiger partial charge is 0.346 e. The number of nitrogens with zero attached hydrogens (tertiary/aromatic N) is 2. The van der Waals surface area contributed by atoms with Crippen LogP contribution in [0, 0.1) is 4.77 Å². The van der Waals surface area contributed by atoms with Gasteiger partial charge in [0.1, 0.15) is 0 Å². The molecular weight excluding hydrogens is 461 g/mol. The van der Waals surface area contributed by atoms with Crippen molar-refractivity contribution >= 4 is 98.3 Å². The summed E-state index contributed by atoms with van der Waals surface area (Å²) in [6.45, 7) is 12.6. The fourth-order valence-corrected chi connectivity index (χ4v) is 8.90.